The van der Waals surface area contributed by atoms with Crippen molar-refractivity contribution in [3.63, 3.8) is 0 Å². The first-order chi connectivity index (χ1) is 7.41. The molecule has 0 amide bonds. The van der Waals surface area contributed by atoms with Gasteiger partial charge in [0.1, 0.15) is 15.0 Å². The summed E-state index contributed by atoms with van der Waals surface area (Å²) < 4.78 is 33.0. The van der Waals surface area contributed by atoms with Crippen LogP contribution in [0.2, 0.25) is 0 Å². The summed E-state index contributed by atoms with van der Waals surface area (Å²) in [4.78, 5) is -0.789. The summed E-state index contributed by atoms with van der Waals surface area (Å²) in [6.07, 6.45) is 0. The SMILES string of the molecule is O=S(=O)([O-])c1c(O)c(O)cc2ccccc12.[Na+]. The maximum Gasteiger partial charge on any atom is 1.00 e. The number of aromatic hydroxyl groups is 2. The summed E-state index contributed by atoms with van der Waals surface area (Å²) in [5, 5.41) is 19.2. The summed E-state index contributed by atoms with van der Waals surface area (Å²) >= 11 is 0. The van der Waals surface area contributed by atoms with Crippen LogP contribution in [0.3, 0.4) is 0 Å². The van der Waals surface area contributed by atoms with Crippen molar-refractivity contribution >= 4 is 20.9 Å². The van der Waals surface area contributed by atoms with Crippen molar-refractivity contribution in [2.24, 2.45) is 0 Å². The van der Waals surface area contributed by atoms with Crippen LogP contribution >= 0.6 is 0 Å². The average Bonchev–Trinajstić information content (AvgIpc) is 2.17. The molecule has 2 N–H and O–H groups in total. The number of hydrogen-bond acceptors (Lipinski definition) is 5. The van der Waals surface area contributed by atoms with E-state index in [0.717, 1.165) is 0 Å². The first kappa shape index (κ1) is 14.3. The fourth-order valence-corrected chi connectivity index (χ4v) is 2.34. The quantitative estimate of drug-likeness (QED) is 0.357. The van der Waals surface area contributed by atoms with Crippen molar-refractivity contribution in [1.82, 2.24) is 0 Å². The molecule has 2 aromatic rings. The Labute approximate surface area is 120 Å². The molecule has 0 aliphatic heterocycles. The number of benzene rings is 2. The molecule has 7 heteroatoms. The van der Waals surface area contributed by atoms with Crippen LogP contribution in [-0.2, 0) is 10.1 Å². The Bertz CT molecular complexity index is 666. The molecule has 0 bridgehead atoms. The standard InChI is InChI=1S/C10H8O5S.Na/c11-8-5-6-3-1-2-4-7(6)10(9(8)12)16(13,14)15;/h1-5,11-12H,(H,13,14,15);/q;+1/p-1. The van der Waals surface area contributed by atoms with Crippen molar-refractivity contribution in [2.75, 3.05) is 0 Å². The fraction of sp³-hybridized carbons (Fsp3) is 0. The van der Waals surface area contributed by atoms with Gasteiger partial charge < -0.3 is 14.8 Å². The molecular formula is C10H7NaO5S. The molecule has 5 nitrogen and oxygen atoms in total. The molecule has 0 atom stereocenters. The summed E-state index contributed by atoms with van der Waals surface area (Å²) in [5.74, 6) is -1.54. The summed E-state index contributed by atoms with van der Waals surface area (Å²) in [6.45, 7) is 0. The molecule has 0 heterocycles. The van der Waals surface area contributed by atoms with E-state index in [1.807, 2.05) is 0 Å². The van der Waals surface area contributed by atoms with E-state index >= 15 is 0 Å². The van der Waals surface area contributed by atoms with Crippen LogP contribution in [0, 0.1) is 0 Å². The third-order valence-electron chi connectivity index (χ3n) is 2.21. The van der Waals surface area contributed by atoms with E-state index in [2.05, 4.69) is 0 Å². The molecule has 0 fully saturated rings. The van der Waals surface area contributed by atoms with Gasteiger partial charge in [-0.05, 0) is 11.5 Å². The Morgan fingerprint density at radius 3 is 2.29 bits per heavy atom. The number of fused-ring (bicyclic) bond motifs is 1. The predicted octanol–water partition coefficient (Wildman–Crippen LogP) is -1.84. The van der Waals surface area contributed by atoms with Crippen LogP contribution in [0.4, 0.5) is 0 Å². The maximum absolute atomic E-state index is 11.0. The molecule has 84 valence electrons. The first-order valence-corrected chi connectivity index (χ1v) is 5.71. The normalized spacial score (nSPS) is 11.1. The van der Waals surface area contributed by atoms with E-state index < -0.39 is 26.5 Å². The number of hydrogen-bond donors (Lipinski definition) is 2. The van der Waals surface area contributed by atoms with Crippen molar-refractivity contribution in [3.8, 4) is 11.5 Å². The second-order valence-corrected chi connectivity index (χ2v) is 4.57. The van der Waals surface area contributed by atoms with Gasteiger partial charge in [-0.3, -0.25) is 0 Å². The number of rotatable bonds is 1. The van der Waals surface area contributed by atoms with Gasteiger partial charge in [-0.2, -0.15) is 0 Å². The summed E-state index contributed by atoms with van der Waals surface area (Å²) in [6, 6.07) is 7.27. The van der Waals surface area contributed by atoms with Gasteiger partial charge in [0.2, 0.25) is 0 Å². The van der Waals surface area contributed by atoms with Gasteiger partial charge in [-0.25, -0.2) is 8.42 Å². The Hall–Kier alpha value is -0.790. The second-order valence-electron chi connectivity index (χ2n) is 3.25. The van der Waals surface area contributed by atoms with E-state index in [1.54, 1.807) is 6.07 Å². The van der Waals surface area contributed by atoms with E-state index in [9.17, 15) is 23.2 Å². The van der Waals surface area contributed by atoms with Gasteiger partial charge in [0, 0.05) is 5.39 Å². The van der Waals surface area contributed by atoms with Crippen molar-refractivity contribution < 1.29 is 52.7 Å². The van der Waals surface area contributed by atoms with Crippen molar-refractivity contribution in [1.29, 1.82) is 0 Å². The van der Waals surface area contributed by atoms with Crippen LogP contribution in [0.25, 0.3) is 10.8 Å². The molecular weight excluding hydrogens is 255 g/mol. The molecule has 0 aliphatic rings. The van der Waals surface area contributed by atoms with E-state index in [1.165, 1.54) is 24.3 Å². The molecule has 2 aromatic carbocycles. The monoisotopic (exact) mass is 262 g/mol. The molecule has 0 saturated carbocycles. The fourth-order valence-electron chi connectivity index (χ4n) is 1.54. The molecule has 2 rings (SSSR count). The Morgan fingerprint density at radius 1 is 1.12 bits per heavy atom. The predicted molar refractivity (Wildman–Crippen MR) is 55.2 cm³/mol. The van der Waals surface area contributed by atoms with E-state index in [0.29, 0.717) is 5.39 Å². The second kappa shape index (κ2) is 4.83. The molecule has 17 heavy (non-hydrogen) atoms. The Morgan fingerprint density at radius 2 is 1.71 bits per heavy atom. The van der Waals surface area contributed by atoms with Gasteiger partial charge in [-0.1, -0.05) is 24.3 Å². The third-order valence-corrected chi connectivity index (χ3v) is 3.12. The van der Waals surface area contributed by atoms with Crippen LogP contribution < -0.4 is 29.6 Å². The molecule has 0 aliphatic carbocycles. The molecule has 0 saturated heterocycles. The zero-order valence-corrected chi connectivity index (χ0v) is 11.7. The Kier molecular flexibility index (Phi) is 4.06. The first-order valence-electron chi connectivity index (χ1n) is 4.31. The number of phenols is 2. The largest absolute Gasteiger partial charge is 1.00 e. The maximum atomic E-state index is 11.0. The van der Waals surface area contributed by atoms with Gasteiger partial charge in [0.25, 0.3) is 0 Å². The molecule has 0 radical (unpaired) electrons. The zero-order chi connectivity index (χ0) is 11.9. The minimum absolute atomic E-state index is 0. The van der Waals surface area contributed by atoms with Gasteiger partial charge >= 0.3 is 29.6 Å². The van der Waals surface area contributed by atoms with E-state index in [4.69, 9.17) is 0 Å². The minimum atomic E-state index is -4.84. The van der Waals surface area contributed by atoms with E-state index in [-0.39, 0.29) is 34.9 Å². The number of phenolic OH excluding ortho intramolecular Hbond substituents is 2. The smallest absolute Gasteiger partial charge is 0.744 e. The van der Waals surface area contributed by atoms with Gasteiger partial charge in [0.05, 0.1) is 0 Å². The van der Waals surface area contributed by atoms with Gasteiger partial charge in [-0.15, -0.1) is 0 Å². The molecule has 0 unspecified atom stereocenters. The summed E-state index contributed by atoms with van der Waals surface area (Å²) in [7, 11) is -4.84. The van der Waals surface area contributed by atoms with Crippen molar-refractivity contribution in [2.45, 2.75) is 4.90 Å². The topological polar surface area (TPSA) is 97.7 Å². The van der Waals surface area contributed by atoms with Gasteiger partial charge in [0.15, 0.2) is 11.5 Å². The van der Waals surface area contributed by atoms with Crippen molar-refractivity contribution in [3.05, 3.63) is 30.3 Å². The Balaban J connectivity index is 0.00000144. The zero-order valence-electron chi connectivity index (χ0n) is 8.91. The van der Waals surface area contributed by atoms with Crippen LogP contribution in [0.15, 0.2) is 35.2 Å². The molecule has 0 spiro atoms. The molecule has 0 aromatic heterocycles. The average molecular weight is 262 g/mol. The van der Waals surface area contributed by atoms with Crippen LogP contribution in [0.5, 0.6) is 11.5 Å². The van der Waals surface area contributed by atoms with Crippen LogP contribution in [0.1, 0.15) is 0 Å². The minimum Gasteiger partial charge on any atom is -0.744 e. The van der Waals surface area contributed by atoms with Crippen LogP contribution in [-0.4, -0.2) is 23.2 Å². The third kappa shape index (κ3) is 2.56. The summed E-state index contributed by atoms with van der Waals surface area (Å²) in [5.41, 5.74) is 0.